The molecule has 0 aliphatic rings. The van der Waals surface area contributed by atoms with Crippen molar-refractivity contribution in [1.82, 2.24) is 10.3 Å². The Hall–Kier alpha value is -3.00. The molecule has 2 aromatic carbocycles. The van der Waals surface area contributed by atoms with Crippen molar-refractivity contribution < 1.29 is 27.8 Å². The van der Waals surface area contributed by atoms with E-state index in [9.17, 15) is 23.1 Å². The van der Waals surface area contributed by atoms with E-state index in [1.807, 2.05) is 24.3 Å². The number of halogens is 3. The van der Waals surface area contributed by atoms with Gasteiger partial charge in [0.2, 0.25) is 0 Å². The highest BCUT2D eigenvalue weighted by Gasteiger charge is 2.35. The molecular formula is C21H21F3N2O3. The molecule has 154 valence electrons. The molecule has 29 heavy (non-hydrogen) atoms. The molecule has 3 rings (SSSR count). The molecule has 3 aromatic rings. The minimum absolute atomic E-state index is 0.322. The fourth-order valence-corrected chi connectivity index (χ4v) is 3.09. The van der Waals surface area contributed by atoms with Gasteiger partial charge in [-0.15, -0.1) is 0 Å². The van der Waals surface area contributed by atoms with Gasteiger partial charge in [-0.2, -0.15) is 13.2 Å². The predicted molar refractivity (Wildman–Crippen MR) is 103 cm³/mol. The Balaban J connectivity index is 1.67. The summed E-state index contributed by atoms with van der Waals surface area (Å²) in [6, 6.07) is 11.7. The first-order valence-electron chi connectivity index (χ1n) is 9.08. The highest BCUT2D eigenvalue weighted by molar-refractivity contribution is 5.84. The van der Waals surface area contributed by atoms with Crippen LogP contribution in [0.5, 0.6) is 5.75 Å². The number of alkyl halides is 3. The average Bonchev–Trinajstić information content (AvgIpc) is 3.10. The van der Waals surface area contributed by atoms with Crippen LogP contribution in [0.2, 0.25) is 0 Å². The number of para-hydroxylation sites is 2. The maximum absolute atomic E-state index is 13.1. The molecule has 2 atom stereocenters. The summed E-state index contributed by atoms with van der Waals surface area (Å²) in [5.74, 6) is -1.03. The van der Waals surface area contributed by atoms with Gasteiger partial charge >= 0.3 is 6.18 Å². The molecule has 0 spiro atoms. The number of rotatable bonds is 7. The fraction of sp³-hybridized carbons (Fsp3) is 0.286. The second-order valence-electron chi connectivity index (χ2n) is 6.71. The number of hydrogen-bond acceptors (Lipinski definition) is 3. The molecule has 0 aliphatic carbocycles. The van der Waals surface area contributed by atoms with E-state index < -0.39 is 35.5 Å². The normalized spacial score (nSPS) is 13.8. The molecule has 1 aromatic heterocycles. The van der Waals surface area contributed by atoms with E-state index in [-0.39, 0.29) is 6.61 Å². The van der Waals surface area contributed by atoms with Gasteiger partial charge < -0.3 is 20.1 Å². The van der Waals surface area contributed by atoms with Crippen molar-refractivity contribution in [3.8, 4) is 5.75 Å². The Morgan fingerprint density at radius 3 is 2.59 bits per heavy atom. The van der Waals surface area contributed by atoms with Crippen LogP contribution in [0, 0.1) is 0 Å². The van der Waals surface area contributed by atoms with Crippen LogP contribution < -0.4 is 10.1 Å². The zero-order valence-corrected chi connectivity index (χ0v) is 15.7. The summed E-state index contributed by atoms with van der Waals surface area (Å²) in [5, 5.41) is 13.3. The summed E-state index contributed by atoms with van der Waals surface area (Å²) < 4.78 is 44.5. The molecule has 0 radical (unpaired) electrons. The summed E-state index contributed by atoms with van der Waals surface area (Å²) in [6.45, 7) is 1.04. The van der Waals surface area contributed by atoms with Crippen molar-refractivity contribution in [2.24, 2.45) is 0 Å². The van der Waals surface area contributed by atoms with Crippen molar-refractivity contribution in [1.29, 1.82) is 0 Å². The lowest BCUT2D eigenvalue weighted by Gasteiger charge is -2.21. The van der Waals surface area contributed by atoms with Crippen LogP contribution in [0.15, 0.2) is 54.7 Å². The first kappa shape index (κ1) is 20.7. The van der Waals surface area contributed by atoms with Crippen LogP contribution in [-0.4, -0.2) is 34.8 Å². The molecule has 0 bridgehead atoms. The van der Waals surface area contributed by atoms with Crippen molar-refractivity contribution in [3.63, 3.8) is 0 Å². The van der Waals surface area contributed by atoms with Gasteiger partial charge in [-0.3, -0.25) is 4.79 Å². The van der Waals surface area contributed by atoms with Crippen LogP contribution >= 0.6 is 0 Å². The number of carbonyl (C=O) groups is 1. The fourth-order valence-electron chi connectivity index (χ4n) is 3.09. The third-order valence-corrected chi connectivity index (χ3v) is 4.57. The van der Waals surface area contributed by atoms with Gasteiger partial charge in [0, 0.05) is 17.1 Å². The third-order valence-electron chi connectivity index (χ3n) is 4.57. The minimum Gasteiger partial charge on any atom is -0.480 e. The molecule has 0 saturated carbocycles. The van der Waals surface area contributed by atoms with E-state index in [4.69, 9.17) is 4.74 Å². The Kier molecular flexibility index (Phi) is 6.12. The lowest BCUT2D eigenvalue weighted by Crippen LogP contribution is -2.45. The van der Waals surface area contributed by atoms with Gasteiger partial charge in [0.05, 0.1) is 18.2 Å². The van der Waals surface area contributed by atoms with Crippen LogP contribution in [0.4, 0.5) is 13.2 Å². The molecule has 0 saturated heterocycles. The highest BCUT2D eigenvalue weighted by Crippen LogP contribution is 2.36. The Bertz CT molecular complexity index is 984. The molecule has 0 fully saturated rings. The maximum atomic E-state index is 13.1. The summed E-state index contributed by atoms with van der Waals surface area (Å²) in [6.07, 6.45) is -3.59. The van der Waals surface area contributed by atoms with Crippen LogP contribution in [0.3, 0.4) is 0 Å². The predicted octanol–water partition coefficient (Wildman–Crippen LogP) is 3.67. The molecule has 0 aliphatic heterocycles. The van der Waals surface area contributed by atoms with E-state index in [1.165, 1.54) is 25.1 Å². The van der Waals surface area contributed by atoms with E-state index in [0.29, 0.717) is 6.42 Å². The van der Waals surface area contributed by atoms with Crippen molar-refractivity contribution in [3.05, 3.63) is 65.9 Å². The number of fused-ring (bicyclic) bond motifs is 1. The van der Waals surface area contributed by atoms with Crippen LogP contribution in [0.25, 0.3) is 10.9 Å². The van der Waals surface area contributed by atoms with Crippen LogP contribution in [-0.2, 0) is 17.4 Å². The molecule has 5 nitrogen and oxygen atoms in total. The monoisotopic (exact) mass is 406 g/mol. The Morgan fingerprint density at radius 1 is 1.17 bits per heavy atom. The topological polar surface area (TPSA) is 74.3 Å². The lowest BCUT2D eigenvalue weighted by atomic mass is 10.1. The second kappa shape index (κ2) is 8.57. The SMILES string of the molecule is C[C@H](Oc1ccccc1C(F)(F)F)C(=O)N[C@@H](CO)Cc1c[nH]c2ccccc12. The number of aliphatic hydroxyl groups excluding tert-OH is 1. The van der Waals surface area contributed by atoms with E-state index >= 15 is 0 Å². The number of nitrogens with one attached hydrogen (secondary N) is 2. The number of H-pyrrole nitrogens is 1. The first-order chi connectivity index (χ1) is 13.8. The van der Waals surface area contributed by atoms with E-state index in [2.05, 4.69) is 10.3 Å². The molecule has 3 N–H and O–H groups in total. The molecule has 0 unspecified atom stereocenters. The highest BCUT2D eigenvalue weighted by atomic mass is 19.4. The largest absolute Gasteiger partial charge is 0.480 e. The zero-order valence-electron chi connectivity index (χ0n) is 15.7. The van der Waals surface area contributed by atoms with Crippen molar-refractivity contribution in [2.45, 2.75) is 31.7 Å². The molecular weight excluding hydrogens is 385 g/mol. The van der Waals surface area contributed by atoms with E-state index in [1.54, 1.807) is 6.20 Å². The van der Waals surface area contributed by atoms with Gasteiger partial charge in [0.1, 0.15) is 5.75 Å². The number of aromatic amines is 1. The average molecular weight is 406 g/mol. The minimum atomic E-state index is -4.59. The Labute approximate surface area is 165 Å². The van der Waals surface area contributed by atoms with Gasteiger partial charge in [0.25, 0.3) is 5.91 Å². The smallest absolute Gasteiger partial charge is 0.419 e. The quantitative estimate of drug-likeness (QED) is 0.561. The van der Waals surface area contributed by atoms with Gasteiger partial charge in [0.15, 0.2) is 6.10 Å². The lowest BCUT2D eigenvalue weighted by molar-refractivity contribution is -0.140. The standard InChI is InChI=1S/C21H21F3N2O3/c1-13(29-19-9-5-3-7-17(19)21(22,23)24)20(28)26-15(12-27)10-14-11-25-18-8-4-2-6-16(14)18/h2-9,11,13,15,25,27H,10,12H2,1H3,(H,26,28)/t13-,15+/m0/s1. The van der Waals surface area contributed by atoms with E-state index in [0.717, 1.165) is 22.5 Å². The van der Waals surface area contributed by atoms with Gasteiger partial charge in [-0.1, -0.05) is 30.3 Å². The van der Waals surface area contributed by atoms with Crippen molar-refractivity contribution >= 4 is 16.8 Å². The number of carbonyl (C=O) groups excluding carboxylic acids is 1. The second-order valence-corrected chi connectivity index (χ2v) is 6.71. The number of aliphatic hydroxyl groups is 1. The number of ether oxygens (including phenoxy) is 1. The van der Waals surface area contributed by atoms with Gasteiger partial charge in [-0.05, 0) is 37.1 Å². The maximum Gasteiger partial charge on any atom is 0.419 e. The molecule has 1 amide bonds. The van der Waals surface area contributed by atoms with Gasteiger partial charge in [-0.25, -0.2) is 0 Å². The summed E-state index contributed by atoms with van der Waals surface area (Å²) in [4.78, 5) is 15.6. The first-order valence-corrected chi connectivity index (χ1v) is 9.08. The summed E-state index contributed by atoms with van der Waals surface area (Å²) in [5.41, 5.74) is 0.902. The number of hydrogen-bond donors (Lipinski definition) is 3. The van der Waals surface area contributed by atoms with Crippen molar-refractivity contribution in [2.75, 3.05) is 6.61 Å². The summed E-state index contributed by atoms with van der Waals surface area (Å²) in [7, 11) is 0. The molecule has 1 heterocycles. The third kappa shape index (κ3) is 4.89. The number of benzene rings is 2. The zero-order chi connectivity index (χ0) is 21.0. The number of amides is 1. The molecule has 8 heteroatoms. The number of aromatic nitrogens is 1. The Morgan fingerprint density at radius 2 is 1.86 bits per heavy atom. The van der Waals surface area contributed by atoms with Crippen LogP contribution in [0.1, 0.15) is 18.1 Å². The summed E-state index contributed by atoms with van der Waals surface area (Å²) >= 11 is 0.